The molecule has 3 rings (SSSR count). The average Bonchev–Trinajstić information content (AvgIpc) is 2.89. The van der Waals surface area contributed by atoms with Gasteiger partial charge in [-0.15, -0.1) is 0 Å². The van der Waals surface area contributed by atoms with Crippen molar-refractivity contribution < 1.29 is 14.7 Å². The van der Waals surface area contributed by atoms with Gasteiger partial charge in [-0.25, -0.2) is 5.43 Å². The molecule has 0 radical (unpaired) electrons. The van der Waals surface area contributed by atoms with Crippen molar-refractivity contribution in [3.63, 3.8) is 0 Å². The number of aromatic hydroxyl groups is 1. The SMILES string of the molecule is CCN(CC)c1ccc(C=C(NC(=O)c2ccccc2)C(=O)N/N=C(\C)c2ccccc2O)cc1. The first-order valence-electron chi connectivity index (χ1n) is 11.5. The van der Waals surface area contributed by atoms with Crippen LogP contribution in [-0.2, 0) is 4.79 Å². The predicted molar refractivity (Wildman–Crippen MR) is 140 cm³/mol. The van der Waals surface area contributed by atoms with Crippen molar-refractivity contribution in [3.8, 4) is 5.75 Å². The van der Waals surface area contributed by atoms with E-state index in [0.29, 0.717) is 16.8 Å². The lowest BCUT2D eigenvalue weighted by Crippen LogP contribution is -2.33. The maximum absolute atomic E-state index is 13.0. The standard InChI is InChI=1S/C28H30N4O3/c1-4-32(5-2)23-17-15-21(16-18-23)19-25(29-27(34)22-11-7-6-8-12-22)28(35)31-30-20(3)24-13-9-10-14-26(24)33/h6-19,33H,4-5H2,1-3H3,(H,29,34)(H,31,35)/b25-19?,30-20+. The Balaban J connectivity index is 1.87. The molecule has 0 atom stereocenters. The van der Waals surface area contributed by atoms with Crippen molar-refractivity contribution in [1.29, 1.82) is 0 Å². The van der Waals surface area contributed by atoms with Crippen LogP contribution < -0.4 is 15.6 Å². The Hall–Kier alpha value is -4.39. The van der Waals surface area contributed by atoms with Crippen LogP contribution in [0.2, 0.25) is 0 Å². The summed E-state index contributed by atoms with van der Waals surface area (Å²) in [5, 5.41) is 16.8. The molecule has 35 heavy (non-hydrogen) atoms. The Kier molecular flexibility index (Phi) is 8.78. The molecule has 0 aliphatic heterocycles. The largest absolute Gasteiger partial charge is 0.507 e. The molecule has 0 aliphatic rings. The van der Waals surface area contributed by atoms with Crippen molar-refractivity contribution in [2.45, 2.75) is 20.8 Å². The monoisotopic (exact) mass is 470 g/mol. The Morgan fingerprint density at radius 2 is 1.54 bits per heavy atom. The molecule has 0 bridgehead atoms. The van der Waals surface area contributed by atoms with Crippen molar-refractivity contribution >= 4 is 29.3 Å². The predicted octanol–water partition coefficient (Wildman–Crippen LogP) is 4.55. The second-order valence-corrected chi connectivity index (χ2v) is 7.80. The number of carbonyl (C=O) groups is 2. The summed E-state index contributed by atoms with van der Waals surface area (Å²) in [6.07, 6.45) is 1.60. The minimum atomic E-state index is -0.586. The van der Waals surface area contributed by atoms with Gasteiger partial charge in [-0.2, -0.15) is 5.10 Å². The number of rotatable bonds is 9. The molecule has 0 unspecified atom stereocenters. The molecule has 0 spiro atoms. The van der Waals surface area contributed by atoms with Crippen molar-refractivity contribution in [2.24, 2.45) is 5.10 Å². The van der Waals surface area contributed by atoms with Gasteiger partial charge in [0.1, 0.15) is 11.4 Å². The van der Waals surface area contributed by atoms with Crippen LogP contribution in [0.25, 0.3) is 6.08 Å². The number of hydrogen-bond acceptors (Lipinski definition) is 5. The molecular formula is C28H30N4O3. The van der Waals surface area contributed by atoms with E-state index in [2.05, 4.69) is 34.6 Å². The quantitative estimate of drug-likeness (QED) is 0.243. The minimum Gasteiger partial charge on any atom is -0.507 e. The number of anilines is 1. The van der Waals surface area contributed by atoms with Crippen LogP contribution in [-0.4, -0.2) is 35.7 Å². The fraction of sp³-hybridized carbons (Fsp3) is 0.179. The Morgan fingerprint density at radius 1 is 0.914 bits per heavy atom. The van der Waals surface area contributed by atoms with Gasteiger partial charge >= 0.3 is 0 Å². The lowest BCUT2D eigenvalue weighted by atomic mass is 10.1. The molecule has 0 fully saturated rings. The van der Waals surface area contributed by atoms with Gasteiger partial charge in [-0.05, 0) is 68.8 Å². The van der Waals surface area contributed by atoms with Crippen LogP contribution >= 0.6 is 0 Å². The average molecular weight is 471 g/mol. The van der Waals surface area contributed by atoms with E-state index in [1.54, 1.807) is 61.5 Å². The van der Waals surface area contributed by atoms with Crippen LogP contribution in [0.15, 0.2) is 89.7 Å². The number of nitrogens with zero attached hydrogens (tertiary/aromatic N) is 2. The molecule has 0 saturated heterocycles. The molecular weight excluding hydrogens is 440 g/mol. The summed E-state index contributed by atoms with van der Waals surface area (Å²) in [7, 11) is 0. The number of phenolic OH excluding ortho intramolecular Hbond substituents is 1. The third-order valence-corrected chi connectivity index (χ3v) is 5.48. The smallest absolute Gasteiger partial charge is 0.287 e. The van der Waals surface area contributed by atoms with E-state index in [1.165, 1.54) is 0 Å². The Bertz CT molecular complexity index is 1210. The van der Waals surface area contributed by atoms with Crippen LogP contribution in [0.4, 0.5) is 5.69 Å². The molecule has 3 aromatic carbocycles. The van der Waals surface area contributed by atoms with Gasteiger partial charge in [-0.3, -0.25) is 9.59 Å². The van der Waals surface area contributed by atoms with Crippen LogP contribution in [0.1, 0.15) is 42.3 Å². The number of nitrogens with one attached hydrogen (secondary N) is 2. The number of hydrazone groups is 1. The highest BCUT2D eigenvalue weighted by atomic mass is 16.3. The lowest BCUT2D eigenvalue weighted by Gasteiger charge is -2.21. The van der Waals surface area contributed by atoms with Gasteiger partial charge in [0.2, 0.25) is 0 Å². The Morgan fingerprint density at radius 3 is 2.17 bits per heavy atom. The van der Waals surface area contributed by atoms with E-state index in [-0.39, 0.29) is 11.4 Å². The third-order valence-electron chi connectivity index (χ3n) is 5.48. The number of para-hydroxylation sites is 1. The highest BCUT2D eigenvalue weighted by Crippen LogP contribution is 2.18. The number of carbonyl (C=O) groups excluding carboxylic acids is 2. The van der Waals surface area contributed by atoms with Crippen molar-refractivity contribution in [2.75, 3.05) is 18.0 Å². The van der Waals surface area contributed by atoms with E-state index >= 15 is 0 Å². The molecule has 180 valence electrons. The number of amides is 2. The summed E-state index contributed by atoms with van der Waals surface area (Å²) in [6.45, 7) is 7.64. The zero-order valence-corrected chi connectivity index (χ0v) is 20.2. The zero-order chi connectivity index (χ0) is 25.2. The van der Waals surface area contributed by atoms with Gasteiger partial charge in [-0.1, -0.05) is 42.5 Å². The van der Waals surface area contributed by atoms with Gasteiger partial charge in [0, 0.05) is 29.9 Å². The highest BCUT2D eigenvalue weighted by molar-refractivity contribution is 6.06. The van der Waals surface area contributed by atoms with Gasteiger partial charge in [0.05, 0.1) is 5.71 Å². The van der Waals surface area contributed by atoms with E-state index in [0.717, 1.165) is 24.3 Å². The first kappa shape index (κ1) is 25.2. The first-order valence-corrected chi connectivity index (χ1v) is 11.5. The third kappa shape index (κ3) is 6.80. The van der Waals surface area contributed by atoms with E-state index in [9.17, 15) is 14.7 Å². The number of benzene rings is 3. The topological polar surface area (TPSA) is 94.0 Å². The van der Waals surface area contributed by atoms with Crippen molar-refractivity contribution in [1.82, 2.24) is 10.7 Å². The second-order valence-electron chi connectivity index (χ2n) is 7.80. The van der Waals surface area contributed by atoms with Gasteiger partial charge in [0.25, 0.3) is 11.8 Å². The van der Waals surface area contributed by atoms with Gasteiger partial charge < -0.3 is 15.3 Å². The maximum atomic E-state index is 13.0. The highest BCUT2D eigenvalue weighted by Gasteiger charge is 2.15. The second kappa shape index (κ2) is 12.2. The molecule has 2 amide bonds. The molecule has 3 N–H and O–H groups in total. The minimum absolute atomic E-state index is 0.0447. The summed E-state index contributed by atoms with van der Waals surface area (Å²) >= 11 is 0. The zero-order valence-electron chi connectivity index (χ0n) is 20.2. The van der Waals surface area contributed by atoms with E-state index in [4.69, 9.17) is 0 Å². The first-order chi connectivity index (χ1) is 16.9. The Labute approximate surface area is 205 Å². The molecule has 0 aliphatic carbocycles. The summed E-state index contributed by atoms with van der Waals surface area (Å²) in [4.78, 5) is 28.0. The summed E-state index contributed by atoms with van der Waals surface area (Å²) < 4.78 is 0. The lowest BCUT2D eigenvalue weighted by molar-refractivity contribution is -0.117. The summed E-state index contributed by atoms with van der Waals surface area (Å²) in [5.41, 5.74) is 5.70. The molecule has 0 heterocycles. The van der Waals surface area contributed by atoms with Gasteiger partial charge in [0.15, 0.2) is 0 Å². The van der Waals surface area contributed by atoms with E-state index in [1.807, 2.05) is 30.3 Å². The van der Waals surface area contributed by atoms with Crippen LogP contribution in [0, 0.1) is 0 Å². The molecule has 7 nitrogen and oxygen atoms in total. The fourth-order valence-corrected chi connectivity index (χ4v) is 3.51. The fourth-order valence-electron chi connectivity index (χ4n) is 3.51. The normalized spacial score (nSPS) is 11.6. The maximum Gasteiger partial charge on any atom is 0.287 e. The molecule has 7 heteroatoms. The van der Waals surface area contributed by atoms with Crippen LogP contribution in [0.5, 0.6) is 5.75 Å². The molecule has 0 aromatic heterocycles. The van der Waals surface area contributed by atoms with Crippen molar-refractivity contribution in [3.05, 3.63) is 101 Å². The number of phenols is 1. The molecule has 3 aromatic rings. The van der Waals surface area contributed by atoms with E-state index < -0.39 is 11.8 Å². The number of hydrogen-bond donors (Lipinski definition) is 3. The summed E-state index contributed by atoms with van der Waals surface area (Å²) in [6, 6.07) is 23.1. The molecule has 0 saturated carbocycles. The van der Waals surface area contributed by atoms with Crippen LogP contribution in [0.3, 0.4) is 0 Å². The summed E-state index contributed by atoms with van der Waals surface area (Å²) in [5.74, 6) is -0.936.